The normalized spacial score (nSPS) is 22.2. The Morgan fingerprint density at radius 3 is 2.76 bits per heavy atom. The van der Waals surface area contributed by atoms with E-state index in [1.165, 1.54) is 11.1 Å². The highest BCUT2D eigenvalue weighted by Crippen LogP contribution is 2.33. The van der Waals surface area contributed by atoms with Crippen molar-refractivity contribution in [2.75, 3.05) is 39.3 Å². The van der Waals surface area contributed by atoms with Crippen LogP contribution < -0.4 is 0 Å². The smallest absolute Gasteiger partial charge is 0.141 e. The van der Waals surface area contributed by atoms with Gasteiger partial charge in [-0.05, 0) is 80.1 Å². The van der Waals surface area contributed by atoms with Gasteiger partial charge in [0, 0.05) is 36.2 Å². The molecule has 2 aliphatic rings. The number of fused-ring (bicyclic) bond motifs is 1. The maximum atomic E-state index is 12.3. The molecular formula is C29H34Cl2N4O2. The fourth-order valence-electron chi connectivity index (χ4n) is 5.95. The van der Waals surface area contributed by atoms with Crippen molar-refractivity contribution in [2.24, 2.45) is 0 Å². The van der Waals surface area contributed by atoms with Crippen molar-refractivity contribution >= 4 is 46.1 Å². The number of imidazole rings is 1. The van der Waals surface area contributed by atoms with Gasteiger partial charge >= 0.3 is 0 Å². The predicted octanol–water partition coefficient (Wildman–Crippen LogP) is 5.46. The van der Waals surface area contributed by atoms with E-state index in [4.69, 9.17) is 23.2 Å². The summed E-state index contributed by atoms with van der Waals surface area (Å²) in [7, 11) is 0. The molecule has 8 heteroatoms. The topological polar surface area (TPSA) is 61.6 Å². The Balaban J connectivity index is 1.35. The molecule has 6 nitrogen and oxygen atoms in total. The number of benzene rings is 2. The average Bonchev–Trinajstić information content (AvgIpc) is 3.33. The van der Waals surface area contributed by atoms with Gasteiger partial charge in [-0.1, -0.05) is 41.4 Å². The van der Waals surface area contributed by atoms with E-state index >= 15 is 0 Å². The van der Waals surface area contributed by atoms with Crippen LogP contribution in [0.1, 0.15) is 49.8 Å². The Hall–Kier alpha value is -2.22. The molecule has 5 rings (SSSR count). The highest BCUT2D eigenvalue weighted by Gasteiger charge is 2.40. The van der Waals surface area contributed by atoms with Crippen molar-refractivity contribution in [2.45, 2.75) is 44.2 Å². The molecule has 0 aliphatic carbocycles. The van der Waals surface area contributed by atoms with Gasteiger partial charge in [-0.3, -0.25) is 9.80 Å². The van der Waals surface area contributed by atoms with E-state index in [2.05, 4.69) is 50.5 Å². The molecule has 0 saturated carbocycles. The Morgan fingerprint density at radius 2 is 2.03 bits per heavy atom. The molecule has 1 fully saturated rings. The fraction of sp³-hybridized carbons (Fsp3) is 0.448. The van der Waals surface area contributed by atoms with E-state index in [0.29, 0.717) is 23.1 Å². The molecule has 2 unspecified atom stereocenters. The number of hydrogen-bond donors (Lipinski definition) is 1. The minimum Gasteiger partial charge on any atom is -0.395 e. The Morgan fingerprint density at radius 1 is 1.16 bits per heavy atom. The van der Waals surface area contributed by atoms with Crippen LogP contribution in [0.5, 0.6) is 0 Å². The van der Waals surface area contributed by atoms with Crippen LogP contribution in [0.2, 0.25) is 10.0 Å². The largest absolute Gasteiger partial charge is 0.395 e. The summed E-state index contributed by atoms with van der Waals surface area (Å²) in [6.07, 6.45) is 9.23. The van der Waals surface area contributed by atoms with Gasteiger partial charge in [-0.15, -0.1) is 0 Å². The zero-order chi connectivity index (χ0) is 26.0. The van der Waals surface area contributed by atoms with E-state index in [1.54, 1.807) is 6.07 Å². The number of β-amino-alcohol motifs (C(OH)–C–C–N with tert-alkyl or cyclic N) is 1. The molecule has 3 aromatic rings. The molecule has 1 N–H and O–H groups in total. The molecule has 196 valence electrons. The third-order valence-electron chi connectivity index (χ3n) is 8.07. The van der Waals surface area contributed by atoms with Gasteiger partial charge in [-0.25, -0.2) is 4.98 Å². The summed E-state index contributed by atoms with van der Waals surface area (Å²) in [4.78, 5) is 21.5. The van der Waals surface area contributed by atoms with Crippen molar-refractivity contribution in [3.63, 3.8) is 0 Å². The zero-order valence-corrected chi connectivity index (χ0v) is 22.8. The molecule has 2 atom stereocenters. The monoisotopic (exact) mass is 540 g/mol. The molecule has 2 aromatic carbocycles. The van der Waals surface area contributed by atoms with Crippen LogP contribution in [0.25, 0.3) is 16.6 Å². The van der Waals surface area contributed by atoms with Gasteiger partial charge in [0.15, 0.2) is 0 Å². The third kappa shape index (κ3) is 5.36. The summed E-state index contributed by atoms with van der Waals surface area (Å²) in [5, 5.41) is 10.8. The van der Waals surface area contributed by atoms with Crippen molar-refractivity contribution in [3.05, 3.63) is 70.0 Å². The molecule has 0 bridgehead atoms. The summed E-state index contributed by atoms with van der Waals surface area (Å²) in [5.41, 5.74) is 5.06. The number of piperidine rings is 1. The third-order valence-corrected chi connectivity index (χ3v) is 8.64. The fourth-order valence-corrected chi connectivity index (χ4v) is 6.51. The first-order valence-corrected chi connectivity index (χ1v) is 13.9. The van der Waals surface area contributed by atoms with Gasteiger partial charge in [-0.2, -0.15) is 0 Å². The Labute approximate surface area is 228 Å². The minimum absolute atomic E-state index is 0.0118. The van der Waals surface area contributed by atoms with Crippen LogP contribution >= 0.6 is 23.2 Å². The highest BCUT2D eigenvalue weighted by atomic mass is 35.5. The van der Waals surface area contributed by atoms with Gasteiger partial charge in [0.1, 0.15) is 6.29 Å². The second-order valence-corrected chi connectivity index (χ2v) is 11.1. The predicted molar refractivity (Wildman–Crippen MR) is 150 cm³/mol. The van der Waals surface area contributed by atoms with Crippen LogP contribution in [0, 0.1) is 0 Å². The van der Waals surface area contributed by atoms with Gasteiger partial charge < -0.3 is 14.5 Å². The molecule has 37 heavy (non-hydrogen) atoms. The lowest BCUT2D eigenvalue weighted by Gasteiger charge is -2.46. The van der Waals surface area contributed by atoms with Crippen LogP contribution in [-0.4, -0.2) is 75.6 Å². The number of aliphatic hydroxyl groups excluding tert-OH is 1. The van der Waals surface area contributed by atoms with Crippen molar-refractivity contribution in [1.82, 2.24) is 19.4 Å². The minimum atomic E-state index is -0.489. The maximum absolute atomic E-state index is 12.3. The van der Waals surface area contributed by atoms with Crippen molar-refractivity contribution < 1.29 is 9.90 Å². The number of carbonyl (C=O) groups is 1. The van der Waals surface area contributed by atoms with E-state index in [0.717, 1.165) is 68.2 Å². The summed E-state index contributed by atoms with van der Waals surface area (Å²) >= 11 is 12.6. The number of aromatic nitrogens is 2. The van der Waals surface area contributed by atoms with Crippen LogP contribution in [-0.2, 0) is 4.79 Å². The second kappa shape index (κ2) is 11.3. The molecule has 0 radical (unpaired) electrons. The maximum Gasteiger partial charge on any atom is 0.141 e. The summed E-state index contributed by atoms with van der Waals surface area (Å²) in [5.74, 6) is 0. The molecule has 1 aromatic heterocycles. The number of aliphatic hydroxyl groups is 1. The van der Waals surface area contributed by atoms with E-state index in [1.807, 2.05) is 18.5 Å². The molecule has 3 heterocycles. The SMILES string of the molecule is CC(c1ccc(Cl)cc1Cl)n1cnc2ccc(C3=CCN(CC4(C=O)CCCCN4CCO)CC3)cc21. The number of rotatable bonds is 8. The number of aldehydes is 1. The number of carbonyl (C=O) groups excluding carboxylic acids is 1. The van der Waals surface area contributed by atoms with Gasteiger partial charge in [0.25, 0.3) is 0 Å². The molecule has 2 aliphatic heterocycles. The lowest BCUT2D eigenvalue weighted by Crippen LogP contribution is -2.60. The second-order valence-electron chi connectivity index (χ2n) is 10.3. The standard InChI is InChI=1S/C29H34Cl2N4O2/c1-21(25-6-5-24(30)17-26(25)31)35-20-32-27-7-4-23(16-28(27)35)22-8-12-33(13-9-22)18-29(19-37)10-2-3-11-34(29)14-15-36/h4-8,16-17,19-21,36H,2-3,9-15,18H2,1H3. The molecular weight excluding hydrogens is 507 g/mol. The number of nitrogens with zero attached hydrogens (tertiary/aromatic N) is 4. The van der Waals surface area contributed by atoms with Crippen molar-refractivity contribution in [1.29, 1.82) is 0 Å². The van der Waals surface area contributed by atoms with Crippen LogP contribution in [0.3, 0.4) is 0 Å². The lowest BCUT2D eigenvalue weighted by molar-refractivity contribution is -0.123. The van der Waals surface area contributed by atoms with E-state index < -0.39 is 5.54 Å². The Kier molecular flexibility index (Phi) is 8.03. The van der Waals surface area contributed by atoms with E-state index in [-0.39, 0.29) is 12.6 Å². The summed E-state index contributed by atoms with van der Waals surface area (Å²) in [6, 6.07) is 12.1. The summed E-state index contributed by atoms with van der Waals surface area (Å²) in [6.45, 7) is 6.07. The number of halogens is 2. The summed E-state index contributed by atoms with van der Waals surface area (Å²) < 4.78 is 2.16. The average molecular weight is 542 g/mol. The molecule has 0 amide bonds. The molecule has 1 saturated heterocycles. The lowest BCUT2D eigenvalue weighted by atomic mass is 9.86. The van der Waals surface area contributed by atoms with Gasteiger partial charge in [0.2, 0.25) is 0 Å². The number of hydrogen-bond acceptors (Lipinski definition) is 5. The van der Waals surface area contributed by atoms with Crippen LogP contribution in [0.15, 0.2) is 48.8 Å². The quantitative estimate of drug-likeness (QED) is 0.384. The van der Waals surface area contributed by atoms with E-state index in [9.17, 15) is 9.90 Å². The van der Waals surface area contributed by atoms with Gasteiger partial charge in [0.05, 0.1) is 35.5 Å². The van der Waals surface area contributed by atoms with Crippen molar-refractivity contribution in [3.8, 4) is 0 Å². The first-order valence-electron chi connectivity index (χ1n) is 13.1. The zero-order valence-electron chi connectivity index (χ0n) is 21.2. The highest BCUT2D eigenvalue weighted by molar-refractivity contribution is 6.35. The first-order chi connectivity index (χ1) is 17.9. The first kappa shape index (κ1) is 26.4. The number of likely N-dealkylation sites (tertiary alicyclic amines) is 1. The Bertz CT molecular complexity index is 1300. The molecule has 0 spiro atoms. The van der Waals surface area contributed by atoms with Crippen LogP contribution in [0.4, 0.5) is 0 Å².